The Hall–Kier alpha value is -2.97. The van der Waals surface area contributed by atoms with Crippen molar-refractivity contribution in [2.24, 2.45) is 0 Å². The number of carbonyl (C=O) groups excluding carboxylic acids is 1. The maximum atomic E-state index is 13.7. The average molecular weight is 611 g/mol. The number of carbonyl (C=O) groups is 1. The molecule has 0 saturated carbocycles. The minimum atomic E-state index is -0.398. The Morgan fingerprint density at radius 1 is 1.12 bits per heavy atom. The molecule has 2 aliphatic heterocycles. The molecule has 42 heavy (non-hydrogen) atoms. The number of nitrogens with one attached hydrogen (secondary N) is 1. The molecule has 1 amide bonds. The first kappa shape index (κ1) is 29.1. The number of rotatable bonds is 8. The Labute approximate surface area is 256 Å². The van der Waals surface area contributed by atoms with Crippen LogP contribution in [0.3, 0.4) is 0 Å². The molecule has 3 heterocycles. The quantitative estimate of drug-likeness (QED) is 0.286. The molecule has 0 radical (unpaired) electrons. The number of ether oxygens (including phenoxy) is 3. The van der Waals surface area contributed by atoms with Gasteiger partial charge in [0, 0.05) is 47.5 Å². The van der Waals surface area contributed by atoms with Crippen molar-refractivity contribution in [1.82, 2.24) is 14.8 Å². The highest BCUT2D eigenvalue weighted by Gasteiger charge is 2.36. The molecule has 2 atom stereocenters. The van der Waals surface area contributed by atoms with E-state index in [1.165, 1.54) is 5.56 Å². The minimum Gasteiger partial charge on any atom is -0.493 e. The minimum absolute atomic E-state index is 0.0323. The van der Waals surface area contributed by atoms with E-state index in [0.29, 0.717) is 30.3 Å². The molecule has 0 bridgehead atoms. The lowest BCUT2D eigenvalue weighted by molar-refractivity contribution is 0.0358. The van der Waals surface area contributed by atoms with Crippen LogP contribution in [0.15, 0.2) is 42.5 Å². The van der Waals surface area contributed by atoms with Crippen LogP contribution >= 0.6 is 23.2 Å². The molecule has 222 valence electrons. The summed E-state index contributed by atoms with van der Waals surface area (Å²) in [6.07, 6.45) is 7.16. The summed E-state index contributed by atoms with van der Waals surface area (Å²) in [6, 6.07) is 12.8. The van der Waals surface area contributed by atoms with Gasteiger partial charge >= 0.3 is 6.09 Å². The molecular weight excluding hydrogens is 573 g/mol. The predicted octanol–water partition coefficient (Wildman–Crippen LogP) is 5.05. The molecule has 1 aliphatic carbocycles. The number of aromatic nitrogens is 1. The molecule has 1 saturated heterocycles. The topological polar surface area (TPSA) is 67.0 Å². The highest BCUT2D eigenvalue weighted by Crippen LogP contribution is 2.36. The molecule has 1 aromatic heterocycles. The highest BCUT2D eigenvalue weighted by atomic mass is 35.5. The van der Waals surface area contributed by atoms with Gasteiger partial charge in [0.15, 0.2) is 0 Å². The number of hydrogen-bond donors (Lipinski definition) is 1. The molecular formula is C33H37Cl2N3O4. The average Bonchev–Trinajstić information content (AvgIpc) is 3.38. The van der Waals surface area contributed by atoms with Crippen LogP contribution in [0.25, 0.3) is 12.2 Å². The highest BCUT2D eigenvalue weighted by molar-refractivity contribution is 6.30. The molecule has 3 aliphatic rings. The normalized spacial score (nSPS) is 20.2. The number of aromatic amines is 1. The lowest BCUT2D eigenvalue weighted by atomic mass is 9.91. The van der Waals surface area contributed by atoms with E-state index >= 15 is 0 Å². The van der Waals surface area contributed by atoms with Crippen molar-refractivity contribution < 1.29 is 19.0 Å². The van der Waals surface area contributed by atoms with E-state index < -0.39 is 6.09 Å². The van der Waals surface area contributed by atoms with Crippen LogP contribution in [-0.2, 0) is 17.6 Å². The summed E-state index contributed by atoms with van der Waals surface area (Å²) < 4.78 is 17.5. The van der Waals surface area contributed by atoms with Gasteiger partial charge in [0.2, 0.25) is 0 Å². The second-order valence-electron chi connectivity index (χ2n) is 11.0. The third kappa shape index (κ3) is 6.35. The number of amides is 1. The van der Waals surface area contributed by atoms with Gasteiger partial charge in [0.25, 0.3) is 0 Å². The summed E-state index contributed by atoms with van der Waals surface area (Å²) >= 11 is 12.6. The summed E-state index contributed by atoms with van der Waals surface area (Å²) in [5.74, 6) is 1.36. The fraction of sp³-hybridized carbons (Fsp3) is 0.424. The first-order valence-corrected chi connectivity index (χ1v) is 15.7. The van der Waals surface area contributed by atoms with Crippen LogP contribution in [-0.4, -0.2) is 72.3 Å². The van der Waals surface area contributed by atoms with E-state index in [-0.39, 0.29) is 11.4 Å². The van der Waals surface area contributed by atoms with Gasteiger partial charge in [-0.05, 0) is 78.8 Å². The fourth-order valence-electron chi connectivity index (χ4n) is 6.13. The van der Waals surface area contributed by atoms with Gasteiger partial charge < -0.3 is 19.2 Å². The van der Waals surface area contributed by atoms with Crippen LogP contribution in [0, 0.1) is 0 Å². The van der Waals surface area contributed by atoms with Gasteiger partial charge in [-0.1, -0.05) is 36.7 Å². The molecule has 1 N–H and O–H groups in total. The van der Waals surface area contributed by atoms with Crippen molar-refractivity contribution in [2.45, 2.75) is 44.0 Å². The Morgan fingerprint density at radius 3 is 2.71 bits per heavy atom. The van der Waals surface area contributed by atoms with Crippen molar-refractivity contribution in [3.05, 3.63) is 80.4 Å². The maximum absolute atomic E-state index is 13.7. The van der Waals surface area contributed by atoms with Crippen LogP contribution in [0.2, 0.25) is 5.02 Å². The van der Waals surface area contributed by atoms with E-state index in [9.17, 15) is 4.79 Å². The van der Waals surface area contributed by atoms with Gasteiger partial charge in [-0.3, -0.25) is 9.80 Å². The number of hydrogen-bond acceptors (Lipinski definition) is 5. The summed E-state index contributed by atoms with van der Waals surface area (Å²) in [5, 5.41) is 2.79. The number of aryl methyl sites for hydroxylation is 1. The standard InChI is InChI=1S/C33H37Cl2N3O4/c1-2-22-20-23(4-11-30(22)41-17-3-13-37-15-18-40-19-16-37)32-31-27(28-21-25(35)7-10-29(28)36-31)12-14-38(32)33(39)42-26-8-5-24(34)6-9-26/h4-6,8-11,20-21,25,32,36H,2-3,7,12-19H2,1H3. The van der Waals surface area contributed by atoms with E-state index in [1.807, 2.05) is 4.90 Å². The van der Waals surface area contributed by atoms with E-state index in [1.54, 1.807) is 24.3 Å². The Balaban J connectivity index is 1.28. The van der Waals surface area contributed by atoms with E-state index in [4.69, 9.17) is 37.4 Å². The third-order valence-electron chi connectivity index (χ3n) is 8.31. The number of fused-ring (bicyclic) bond motifs is 3. The second-order valence-corrected chi connectivity index (χ2v) is 12.0. The number of halogens is 2. The molecule has 2 aromatic carbocycles. The van der Waals surface area contributed by atoms with Gasteiger partial charge in [0.05, 0.1) is 25.2 Å². The number of morpholine rings is 1. The Morgan fingerprint density at radius 2 is 1.93 bits per heavy atom. The summed E-state index contributed by atoms with van der Waals surface area (Å²) in [5.41, 5.74) is 4.36. The van der Waals surface area contributed by atoms with E-state index in [0.717, 1.165) is 85.2 Å². The Bertz CT molecular complexity index is 1530. The summed E-state index contributed by atoms with van der Waals surface area (Å²) in [6.45, 7) is 7.91. The van der Waals surface area contributed by atoms with Crippen LogP contribution in [0.1, 0.15) is 48.2 Å². The van der Waals surface area contributed by atoms with Gasteiger partial charge in [-0.2, -0.15) is 0 Å². The lowest BCUT2D eigenvalue weighted by Crippen LogP contribution is -2.43. The number of H-pyrrole nitrogens is 1. The van der Waals surface area contributed by atoms with Gasteiger partial charge in [-0.25, -0.2) is 4.79 Å². The molecule has 1 fully saturated rings. The van der Waals surface area contributed by atoms with Gasteiger partial charge in [-0.15, -0.1) is 11.6 Å². The summed E-state index contributed by atoms with van der Waals surface area (Å²) in [4.78, 5) is 21.5. The van der Waals surface area contributed by atoms with Crippen LogP contribution in [0.4, 0.5) is 4.79 Å². The molecule has 0 spiro atoms. The molecule has 3 aromatic rings. The zero-order chi connectivity index (χ0) is 29.1. The predicted molar refractivity (Wildman–Crippen MR) is 166 cm³/mol. The first-order valence-electron chi connectivity index (χ1n) is 14.9. The molecule has 6 rings (SSSR count). The zero-order valence-corrected chi connectivity index (χ0v) is 25.4. The third-order valence-corrected chi connectivity index (χ3v) is 8.86. The van der Waals surface area contributed by atoms with Gasteiger partial charge in [0.1, 0.15) is 17.5 Å². The molecule has 9 heteroatoms. The lowest BCUT2D eigenvalue weighted by Gasteiger charge is -2.35. The second kappa shape index (κ2) is 13.1. The summed E-state index contributed by atoms with van der Waals surface area (Å²) in [7, 11) is 0. The number of benzene rings is 2. The maximum Gasteiger partial charge on any atom is 0.416 e. The van der Waals surface area contributed by atoms with Crippen molar-refractivity contribution in [2.75, 3.05) is 46.0 Å². The van der Waals surface area contributed by atoms with Crippen molar-refractivity contribution in [3.8, 4) is 11.5 Å². The molecule has 2 unspecified atom stereocenters. The van der Waals surface area contributed by atoms with Crippen molar-refractivity contribution >= 4 is 41.4 Å². The van der Waals surface area contributed by atoms with E-state index in [2.05, 4.69) is 47.2 Å². The SMILES string of the molecule is CCc1cc(C2c3[nH]c4c(c3CCN2C(=O)Oc2ccc(Cl)cc2)=CC(Cl)CC=4)ccc1OCCCN1CCOCC1. The largest absolute Gasteiger partial charge is 0.493 e. The zero-order valence-electron chi connectivity index (χ0n) is 23.9. The van der Waals surface area contributed by atoms with Crippen molar-refractivity contribution in [3.63, 3.8) is 0 Å². The van der Waals surface area contributed by atoms with Crippen LogP contribution in [0.5, 0.6) is 11.5 Å². The first-order chi connectivity index (χ1) is 20.5. The number of nitrogens with zero attached hydrogens (tertiary/aromatic N) is 2. The fourth-order valence-corrected chi connectivity index (χ4v) is 6.47. The van der Waals surface area contributed by atoms with Crippen LogP contribution < -0.4 is 20.0 Å². The monoisotopic (exact) mass is 609 g/mol. The Kier molecular flexibility index (Phi) is 9.10. The molecule has 7 nitrogen and oxygen atoms in total. The smallest absolute Gasteiger partial charge is 0.416 e. The van der Waals surface area contributed by atoms with Crippen molar-refractivity contribution in [1.29, 1.82) is 0 Å². The number of alkyl halides is 1.